The van der Waals surface area contributed by atoms with E-state index in [1.54, 1.807) is 6.07 Å². The first-order chi connectivity index (χ1) is 21.4. The Morgan fingerprint density at radius 2 is 1.93 bits per heavy atom. The molecule has 2 fully saturated rings. The van der Waals surface area contributed by atoms with E-state index in [2.05, 4.69) is 32.0 Å². The molecule has 2 aliphatic heterocycles. The summed E-state index contributed by atoms with van der Waals surface area (Å²) in [5, 5.41) is 12.7. The van der Waals surface area contributed by atoms with Crippen molar-refractivity contribution in [2.24, 2.45) is 12.8 Å². The highest BCUT2D eigenvalue weighted by molar-refractivity contribution is 6.33. The molecular formula is C29H29ClF2N8O5. The summed E-state index contributed by atoms with van der Waals surface area (Å²) in [4.78, 5) is 51.5. The summed E-state index contributed by atoms with van der Waals surface area (Å²) in [7, 11) is 1.41. The van der Waals surface area contributed by atoms with Crippen LogP contribution in [-0.2, 0) is 23.1 Å². The molecule has 5 heterocycles. The minimum Gasteiger partial charge on any atom is -0.504 e. The molecule has 0 unspecified atom stereocenters. The van der Waals surface area contributed by atoms with Crippen LogP contribution < -0.4 is 21.5 Å². The van der Waals surface area contributed by atoms with E-state index in [1.807, 2.05) is 0 Å². The molecule has 0 bridgehead atoms. The Balaban J connectivity index is 1.29. The molecule has 4 aromatic rings. The van der Waals surface area contributed by atoms with Crippen molar-refractivity contribution in [3.63, 3.8) is 0 Å². The monoisotopic (exact) mass is 642 g/mol. The van der Waals surface area contributed by atoms with Crippen LogP contribution in [0.2, 0.25) is 5.02 Å². The number of amides is 2. The van der Waals surface area contributed by atoms with Crippen molar-refractivity contribution in [3.8, 4) is 16.9 Å². The number of phenols is 1. The van der Waals surface area contributed by atoms with E-state index in [9.17, 15) is 23.9 Å². The standard InChI is InChI=1S/C29H29ClF2N8O5/c1-14-8-38(15-11-45-12-15)3-4-40(14)21-6-20(19(30)7-34-21)36-22(41)10-39-9-18(23-28(39)35-13-37(2)29(23)44)16-5-17(27(33)43)26(42)25(32)24(16)31/h5-7,9,13-15,42H,3-4,8,10-12H2,1-2H3,(H2,33,43)(H,34,36,41)/t14-/m0/s1. The number of nitrogens with one attached hydrogen (secondary N) is 1. The molecule has 0 spiro atoms. The van der Waals surface area contributed by atoms with Crippen molar-refractivity contribution in [1.82, 2.24) is 24.0 Å². The minimum absolute atomic E-state index is 0.00170. The first-order valence-electron chi connectivity index (χ1n) is 14.0. The van der Waals surface area contributed by atoms with Gasteiger partial charge in [-0.3, -0.25) is 19.3 Å². The number of hydrogen-bond donors (Lipinski definition) is 3. The maximum absolute atomic E-state index is 15.1. The fraction of sp³-hybridized carbons (Fsp3) is 0.345. The van der Waals surface area contributed by atoms with E-state index in [0.29, 0.717) is 17.5 Å². The molecule has 45 heavy (non-hydrogen) atoms. The molecule has 1 aromatic carbocycles. The number of ether oxygens (including phenoxy) is 1. The lowest BCUT2D eigenvalue weighted by atomic mass is 10.0. The number of anilines is 2. The molecule has 0 aliphatic carbocycles. The number of hydrogen-bond acceptors (Lipinski definition) is 9. The van der Waals surface area contributed by atoms with Gasteiger partial charge in [0.25, 0.3) is 11.5 Å². The van der Waals surface area contributed by atoms with Gasteiger partial charge in [0.2, 0.25) is 11.7 Å². The van der Waals surface area contributed by atoms with Gasteiger partial charge in [0.1, 0.15) is 18.0 Å². The van der Waals surface area contributed by atoms with Crippen molar-refractivity contribution in [2.75, 3.05) is 43.1 Å². The number of nitrogens with zero attached hydrogens (tertiary/aromatic N) is 6. The zero-order valence-electron chi connectivity index (χ0n) is 24.3. The summed E-state index contributed by atoms with van der Waals surface area (Å²) in [6.45, 7) is 5.58. The lowest BCUT2D eigenvalue weighted by molar-refractivity contribution is -0.116. The second-order valence-electron chi connectivity index (χ2n) is 11.1. The maximum atomic E-state index is 15.1. The van der Waals surface area contributed by atoms with Crippen molar-refractivity contribution < 1.29 is 28.2 Å². The van der Waals surface area contributed by atoms with Crippen LogP contribution in [-0.4, -0.2) is 85.9 Å². The molecular weight excluding hydrogens is 614 g/mol. The molecule has 236 valence electrons. The summed E-state index contributed by atoms with van der Waals surface area (Å²) < 4.78 is 37.5. The largest absolute Gasteiger partial charge is 0.504 e. The average molecular weight is 643 g/mol. The van der Waals surface area contributed by atoms with Gasteiger partial charge in [0, 0.05) is 56.1 Å². The lowest BCUT2D eigenvalue weighted by Gasteiger charge is -2.46. The van der Waals surface area contributed by atoms with E-state index < -0.39 is 52.4 Å². The molecule has 2 saturated heterocycles. The van der Waals surface area contributed by atoms with Gasteiger partial charge < -0.3 is 34.9 Å². The molecule has 13 nitrogen and oxygen atoms in total. The van der Waals surface area contributed by atoms with E-state index in [4.69, 9.17) is 22.1 Å². The smallest absolute Gasteiger partial charge is 0.263 e. The number of pyridine rings is 1. The van der Waals surface area contributed by atoms with Crippen LogP contribution in [0.5, 0.6) is 5.75 Å². The molecule has 16 heteroatoms. The van der Waals surface area contributed by atoms with Crippen LogP contribution in [0, 0.1) is 11.6 Å². The summed E-state index contributed by atoms with van der Waals surface area (Å²) in [6.07, 6.45) is 3.92. The number of fused-ring (bicyclic) bond motifs is 1. The molecule has 0 radical (unpaired) electrons. The number of benzene rings is 1. The predicted octanol–water partition coefficient (Wildman–Crippen LogP) is 2.08. The Morgan fingerprint density at radius 1 is 1.18 bits per heavy atom. The summed E-state index contributed by atoms with van der Waals surface area (Å²) in [5.41, 5.74) is 3.58. The number of carbonyl (C=O) groups excluding carboxylic acids is 2. The maximum Gasteiger partial charge on any atom is 0.263 e. The van der Waals surface area contributed by atoms with Crippen LogP contribution in [0.1, 0.15) is 17.3 Å². The summed E-state index contributed by atoms with van der Waals surface area (Å²) >= 11 is 6.40. The van der Waals surface area contributed by atoms with E-state index >= 15 is 4.39 Å². The quantitative estimate of drug-likeness (QED) is 0.274. The third-order valence-corrected chi connectivity index (χ3v) is 8.49. The van der Waals surface area contributed by atoms with Crippen molar-refractivity contribution in [2.45, 2.75) is 25.6 Å². The first-order valence-corrected chi connectivity index (χ1v) is 14.4. The fourth-order valence-corrected chi connectivity index (χ4v) is 5.86. The van der Waals surface area contributed by atoms with Gasteiger partial charge >= 0.3 is 0 Å². The average Bonchev–Trinajstić information content (AvgIpc) is 3.32. The Kier molecular flexibility index (Phi) is 7.93. The SMILES string of the molecule is C[C@H]1CN(C2COC2)CCN1c1cc(NC(=O)Cn2cc(-c3cc(C(N)=O)c(O)c(F)c3F)c3c(=O)n(C)cnc32)c(Cl)cn1. The number of aromatic nitrogens is 4. The molecule has 4 N–H and O–H groups in total. The summed E-state index contributed by atoms with van der Waals surface area (Å²) in [5.74, 6) is -5.61. The highest BCUT2D eigenvalue weighted by atomic mass is 35.5. The minimum atomic E-state index is -1.71. The topological polar surface area (TPSA) is 161 Å². The Hall–Kier alpha value is -4.60. The highest BCUT2D eigenvalue weighted by Crippen LogP contribution is 2.36. The second kappa shape index (κ2) is 11.7. The van der Waals surface area contributed by atoms with Crippen LogP contribution in [0.3, 0.4) is 0 Å². The highest BCUT2D eigenvalue weighted by Gasteiger charge is 2.33. The van der Waals surface area contributed by atoms with Gasteiger partial charge in [-0.2, -0.15) is 4.39 Å². The molecule has 6 rings (SSSR count). The van der Waals surface area contributed by atoms with Gasteiger partial charge in [-0.15, -0.1) is 0 Å². The van der Waals surface area contributed by atoms with E-state index in [1.165, 1.54) is 30.3 Å². The Labute approximate surface area is 259 Å². The number of aryl methyl sites for hydroxylation is 1. The number of aromatic hydroxyl groups is 1. The molecule has 0 saturated carbocycles. The van der Waals surface area contributed by atoms with Crippen molar-refractivity contribution in [3.05, 3.63) is 63.4 Å². The van der Waals surface area contributed by atoms with Crippen molar-refractivity contribution in [1.29, 1.82) is 0 Å². The number of piperazine rings is 1. The lowest BCUT2D eigenvalue weighted by Crippen LogP contribution is -2.59. The van der Waals surface area contributed by atoms with Crippen LogP contribution in [0.25, 0.3) is 22.2 Å². The van der Waals surface area contributed by atoms with E-state index in [0.717, 1.165) is 43.5 Å². The normalized spacial score (nSPS) is 17.4. The van der Waals surface area contributed by atoms with Gasteiger partial charge in [0.05, 0.1) is 53.4 Å². The number of halogens is 3. The van der Waals surface area contributed by atoms with Crippen LogP contribution >= 0.6 is 11.6 Å². The number of primary amides is 1. The van der Waals surface area contributed by atoms with Crippen molar-refractivity contribution >= 4 is 46.0 Å². The predicted molar refractivity (Wildman–Crippen MR) is 161 cm³/mol. The van der Waals surface area contributed by atoms with Gasteiger partial charge in [0.15, 0.2) is 11.6 Å². The van der Waals surface area contributed by atoms with Gasteiger partial charge in [-0.1, -0.05) is 11.6 Å². The van der Waals surface area contributed by atoms with E-state index in [-0.39, 0.29) is 27.7 Å². The summed E-state index contributed by atoms with van der Waals surface area (Å²) in [6, 6.07) is 3.11. The molecule has 2 aliphatic rings. The number of rotatable bonds is 7. The molecule has 2 amide bonds. The van der Waals surface area contributed by atoms with Crippen LogP contribution in [0.15, 0.2) is 35.6 Å². The third-order valence-electron chi connectivity index (χ3n) is 8.19. The number of nitrogens with two attached hydrogens (primary N) is 1. The van der Waals surface area contributed by atoms with Gasteiger partial charge in [-0.25, -0.2) is 14.4 Å². The molecule has 1 atom stereocenters. The molecule has 3 aromatic heterocycles. The first kappa shape index (κ1) is 30.4. The van der Waals surface area contributed by atoms with Gasteiger partial charge in [-0.05, 0) is 13.0 Å². The van der Waals surface area contributed by atoms with Crippen LogP contribution in [0.4, 0.5) is 20.3 Å². The number of carbonyl (C=O) groups is 2. The fourth-order valence-electron chi connectivity index (χ4n) is 5.71. The Bertz CT molecular complexity index is 1910. The Morgan fingerprint density at radius 3 is 2.60 bits per heavy atom. The third kappa shape index (κ3) is 5.47. The second-order valence-corrected chi connectivity index (χ2v) is 11.5. The zero-order chi connectivity index (χ0) is 32.2. The zero-order valence-corrected chi connectivity index (χ0v) is 25.0.